The molecule has 3 nitrogen and oxygen atoms in total. The van der Waals surface area contributed by atoms with Gasteiger partial charge in [-0.15, -0.1) is 6.42 Å². The van der Waals surface area contributed by atoms with Gasteiger partial charge in [0.05, 0.1) is 25.8 Å². The quantitative estimate of drug-likeness (QED) is 0.669. The van der Waals surface area contributed by atoms with E-state index in [0.717, 1.165) is 19.8 Å². The highest BCUT2D eigenvalue weighted by Crippen LogP contribution is 2.23. The minimum absolute atomic E-state index is 0.301. The van der Waals surface area contributed by atoms with Gasteiger partial charge in [0.25, 0.3) is 0 Å². The van der Waals surface area contributed by atoms with E-state index in [1.807, 2.05) is 0 Å². The molecule has 1 aliphatic heterocycles. The van der Waals surface area contributed by atoms with Gasteiger partial charge in [-0.2, -0.15) is 0 Å². The van der Waals surface area contributed by atoms with E-state index in [-0.39, 0.29) is 0 Å². The van der Waals surface area contributed by atoms with Crippen molar-refractivity contribution >= 4 is 0 Å². The smallest absolute Gasteiger partial charge is 0.0745 e. The van der Waals surface area contributed by atoms with Crippen LogP contribution in [0.1, 0.15) is 11.7 Å². The van der Waals surface area contributed by atoms with Crippen LogP contribution in [0.15, 0.2) is 18.3 Å². The molecule has 0 aromatic carbocycles. The molecule has 0 spiro atoms. The van der Waals surface area contributed by atoms with Crippen molar-refractivity contribution in [1.29, 1.82) is 0 Å². The highest BCUT2D eigenvalue weighted by atomic mass is 16.5. The van der Waals surface area contributed by atoms with E-state index in [2.05, 4.69) is 40.8 Å². The maximum absolute atomic E-state index is 5.51. The maximum atomic E-state index is 5.51. The number of terminal acetylenes is 1. The molecule has 1 fully saturated rings. The lowest BCUT2D eigenvalue weighted by molar-refractivity contribution is -0.00408. The Morgan fingerprint density at radius 3 is 3.20 bits per heavy atom. The van der Waals surface area contributed by atoms with Crippen LogP contribution in [0.4, 0.5) is 0 Å². The fraction of sp³-hybridized carbons (Fsp3) is 0.500. The van der Waals surface area contributed by atoms with Crippen LogP contribution >= 0.6 is 0 Å². The van der Waals surface area contributed by atoms with Gasteiger partial charge in [-0.05, 0) is 12.1 Å². The first-order valence-electron chi connectivity index (χ1n) is 5.19. The zero-order chi connectivity index (χ0) is 10.7. The number of hydrogen-bond donors (Lipinski definition) is 0. The predicted octanol–water partition coefficient (Wildman–Crippen LogP) is 1.03. The van der Waals surface area contributed by atoms with Crippen molar-refractivity contribution in [3.8, 4) is 12.3 Å². The molecule has 15 heavy (non-hydrogen) atoms. The van der Waals surface area contributed by atoms with Crippen LogP contribution in [0, 0.1) is 12.3 Å². The molecule has 0 radical (unpaired) electrons. The van der Waals surface area contributed by atoms with Gasteiger partial charge in [-0.3, -0.25) is 4.90 Å². The molecule has 1 saturated heterocycles. The lowest BCUT2D eigenvalue weighted by atomic mass is 10.1. The number of aryl methyl sites for hydroxylation is 1. The molecule has 0 bridgehead atoms. The fourth-order valence-electron chi connectivity index (χ4n) is 2.04. The number of hydrogen-bond acceptors (Lipinski definition) is 2. The Bertz CT molecular complexity index is 364. The van der Waals surface area contributed by atoms with Gasteiger partial charge in [0.2, 0.25) is 0 Å². The summed E-state index contributed by atoms with van der Waals surface area (Å²) in [6.07, 6.45) is 7.43. The first-order valence-corrected chi connectivity index (χ1v) is 5.19. The number of rotatable bonds is 2. The number of morpholine rings is 1. The molecule has 0 amide bonds. The summed E-state index contributed by atoms with van der Waals surface area (Å²) in [7, 11) is 2.05. The van der Waals surface area contributed by atoms with E-state index < -0.39 is 0 Å². The molecule has 1 aliphatic rings. The number of ether oxygens (including phenoxy) is 1. The van der Waals surface area contributed by atoms with Crippen LogP contribution in [0.5, 0.6) is 0 Å². The van der Waals surface area contributed by atoms with Crippen LogP contribution in [0.3, 0.4) is 0 Å². The van der Waals surface area contributed by atoms with E-state index in [0.29, 0.717) is 12.6 Å². The Hall–Kier alpha value is -1.24. The average molecular weight is 204 g/mol. The van der Waals surface area contributed by atoms with E-state index in [4.69, 9.17) is 11.2 Å². The van der Waals surface area contributed by atoms with Gasteiger partial charge in [-0.25, -0.2) is 0 Å². The Labute approximate surface area is 90.6 Å². The van der Waals surface area contributed by atoms with Crippen molar-refractivity contribution in [3.63, 3.8) is 0 Å². The average Bonchev–Trinajstić information content (AvgIpc) is 2.66. The van der Waals surface area contributed by atoms with Gasteiger partial charge in [0.15, 0.2) is 0 Å². The first-order chi connectivity index (χ1) is 7.33. The Balaban J connectivity index is 2.18. The summed E-state index contributed by atoms with van der Waals surface area (Å²) in [6.45, 7) is 3.13. The minimum atomic E-state index is 0.301. The number of nitrogens with zero attached hydrogens (tertiary/aromatic N) is 2. The summed E-state index contributed by atoms with van der Waals surface area (Å²) in [4.78, 5) is 2.29. The normalized spacial score (nSPS) is 22.5. The van der Waals surface area contributed by atoms with Crippen molar-refractivity contribution in [2.24, 2.45) is 7.05 Å². The lowest BCUT2D eigenvalue weighted by Crippen LogP contribution is -2.40. The molecular weight excluding hydrogens is 188 g/mol. The van der Waals surface area contributed by atoms with Crippen molar-refractivity contribution in [2.45, 2.75) is 6.04 Å². The molecule has 0 saturated carbocycles. The van der Waals surface area contributed by atoms with Gasteiger partial charge in [-0.1, -0.05) is 5.92 Å². The summed E-state index contributed by atoms with van der Waals surface area (Å²) in [5, 5.41) is 0. The second-order valence-corrected chi connectivity index (χ2v) is 3.81. The van der Waals surface area contributed by atoms with Crippen LogP contribution < -0.4 is 0 Å². The standard InChI is InChI=1S/C12H16N2O/c1-3-6-14-8-9-15-10-12(14)11-5-4-7-13(11)2/h1,4-5,7,12H,6,8-10H2,2H3/t12-/m1/s1. The predicted molar refractivity (Wildman–Crippen MR) is 59.4 cm³/mol. The van der Waals surface area contributed by atoms with E-state index >= 15 is 0 Å². The van der Waals surface area contributed by atoms with Gasteiger partial charge in [0.1, 0.15) is 0 Å². The maximum Gasteiger partial charge on any atom is 0.0745 e. The van der Waals surface area contributed by atoms with E-state index in [9.17, 15) is 0 Å². The van der Waals surface area contributed by atoms with Crippen LogP contribution in [0.25, 0.3) is 0 Å². The summed E-state index contributed by atoms with van der Waals surface area (Å²) >= 11 is 0. The SMILES string of the molecule is C#CCN1CCOC[C@@H]1c1cccn1C. The molecule has 0 N–H and O–H groups in total. The molecule has 1 aromatic rings. The third kappa shape index (κ3) is 2.06. The largest absolute Gasteiger partial charge is 0.378 e. The summed E-state index contributed by atoms with van der Waals surface area (Å²) in [6, 6.07) is 4.48. The van der Waals surface area contributed by atoms with Gasteiger partial charge in [0, 0.05) is 25.5 Å². The second kappa shape index (κ2) is 4.52. The Morgan fingerprint density at radius 1 is 1.67 bits per heavy atom. The topological polar surface area (TPSA) is 17.4 Å². The molecular formula is C12H16N2O. The third-order valence-corrected chi connectivity index (χ3v) is 2.86. The molecule has 1 aromatic heterocycles. The second-order valence-electron chi connectivity index (χ2n) is 3.81. The highest BCUT2D eigenvalue weighted by molar-refractivity contribution is 5.13. The van der Waals surface area contributed by atoms with Crippen LogP contribution in [0.2, 0.25) is 0 Å². The van der Waals surface area contributed by atoms with Crippen LogP contribution in [-0.4, -0.2) is 35.8 Å². The van der Waals surface area contributed by atoms with Crippen molar-refractivity contribution in [2.75, 3.05) is 26.3 Å². The van der Waals surface area contributed by atoms with Gasteiger partial charge < -0.3 is 9.30 Å². The third-order valence-electron chi connectivity index (χ3n) is 2.86. The van der Waals surface area contributed by atoms with Crippen molar-refractivity contribution < 1.29 is 4.74 Å². The molecule has 2 heterocycles. The first kappa shape index (κ1) is 10.3. The van der Waals surface area contributed by atoms with E-state index in [1.54, 1.807) is 0 Å². The highest BCUT2D eigenvalue weighted by Gasteiger charge is 2.25. The molecule has 1 atom stereocenters. The fourth-order valence-corrected chi connectivity index (χ4v) is 2.04. The lowest BCUT2D eigenvalue weighted by Gasteiger charge is -2.34. The molecule has 3 heteroatoms. The zero-order valence-electron chi connectivity index (χ0n) is 9.02. The molecule has 2 rings (SSSR count). The Morgan fingerprint density at radius 2 is 2.53 bits per heavy atom. The molecule has 80 valence electrons. The molecule has 0 unspecified atom stereocenters. The molecule has 0 aliphatic carbocycles. The van der Waals surface area contributed by atoms with Crippen molar-refractivity contribution in [1.82, 2.24) is 9.47 Å². The monoisotopic (exact) mass is 204 g/mol. The van der Waals surface area contributed by atoms with Crippen LogP contribution in [-0.2, 0) is 11.8 Å². The zero-order valence-corrected chi connectivity index (χ0v) is 9.02. The summed E-state index contributed by atoms with van der Waals surface area (Å²) < 4.78 is 7.64. The number of aromatic nitrogens is 1. The van der Waals surface area contributed by atoms with Gasteiger partial charge >= 0.3 is 0 Å². The Kier molecular flexibility index (Phi) is 3.10. The minimum Gasteiger partial charge on any atom is -0.378 e. The summed E-state index contributed by atoms with van der Waals surface area (Å²) in [5.74, 6) is 2.71. The summed E-state index contributed by atoms with van der Waals surface area (Å²) in [5.41, 5.74) is 1.27. The van der Waals surface area contributed by atoms with E-state index in [1.165, 1.54) is 5.69 Å². The van der Waals surface area contributed by atoms with Crippen molar-refractivity contribution in [3.05, 3.63) is 24.0 Å².